The van der Waals surface area contributed by atoms with Crippen LogP contribution in [-0.4, -0.2) is 64.9 Å². The van der Waals surface area contributed by atoms with Gasteiger partial charge < -0.3 is 24.6 Å². The second-order valence-electron chi connectivity index (χ2n) is 6.18. The van der Waals surface area contributed by atoms with Crippen molar-refractivity contribution in [3.8, 4) is 11.5 Å². The Morgan fingerprint density at radius 2 is 1.88 bits per heavy atom. The maximum atomic E-state index is 5.37. The fourth-order valence-corrected chi connectivity index (χ4v) is 3.17. The van der Waals surface area contributed by atoms with Gasteiger partial charge in [0.25, 0.3) is 0 Å². The Morgan fingerprint density at radius 1 is 1.17 bits per heavy atom. The normalized spacial score (nSPS) is 19.8. The number of aliphatic imine (C=N–C) groups is 1. The molecule has 2 heterocycles. The van der Waals surface area contributed by atoms with E-state index in [-0.39, 0.29) is 24.0 Å². The van der Waals surface area contributed by atoms with Gasteiger partial charge in [-0.1, -0.05) is 0 Å². The molecule has 1 N–H and O–H groups in total. The summed E-state index contributed by atoms with van der Waals surface area (Å²) < 4.78 is 10.7. The van der Waals surface area contributed by atoms with Crippen LogP contribution >= 0.6 is 24.0 Å². The zero-order chi connectivity index (χ0) is 16.2. The minimum atomic E-state index is 0. The van der Waals surface area contributed by atoms with Crippen LogP contribution in [0.2, 0.25) is 0 Å². The van der Waals surface area contributed by atoms with Crippen LogP contribution < -0.4 is 19.7 Å². The molecule has 2 aliphatic heterocycles. The number of benzene rings is 1. The molecule has 7 heteroatoms. The molecule has 1 atom stereocenters. The Morgan fingerprint density at radius 3 is 2.46 bits per heavy atom. The van der Waals surface area contributed by atoms with Crippen LogP contribution in [0.15, 0.2) is 23.2 Å². The summed E-state index contributed by atoms with van der Waals surface area (Å²) in [6, 6.07) is 6.06. The molecule has 0 aliphatic carbocycles. The predicted molar refractivity (Wildman–Crippen MR) is 108 cm³/mol. The lowest BCUT2D eigenvalue weighted by molar-refractivity contribution is 0.394. The zero-order valence-corrected chi connectivity index (χ0v) is 16.9. The lowest BCUT2D eigenvalue weighted by atomic mass is 10.1. The molecule has 1 saturated heterocycles. The van der Waals surface area contributed by atoms with Crippen molar-refractivity contribution in [2.24, 2.45) is 10.9 Å². The summed E-state index contributed by atoms with van der Waals surface area (Å²) in [6.07, 6.45) is 1.18. The maximum Gasteiger partial charge on any atom is 0.193 e. The third kappa shape index (κ3) is 4.37. The van der Waals surface area contributed by atoms with Crippen LogP contribution in [0.1, 0.15) is 6.42 Å². The second kappa shape index (κ2) is 8.64. The monoisotopic (exact) mass is 446 g/mol. The van der Waals surface area contributed by atoms with Gasteiger partial charge in [0.15, 0.2) is 5.96 Å². The van der Waals surface area contributed by atoms with Crippen molar-refractivity contribution in [3.05, 3.63) is 18.2 Å². The van der Waals surface area contributed by atoms with Crippen molar-refractivity contribution in [1.29, 1.82) is 0 Å². The van der Waals surface area contributed by atoms with E-state index in [1.807, 2.05) is 6.07 Å². The average molecular weight is 446 g/mol. The Hall–Kier alpha value is -1.38. The highest BCUT2D eigenvalue weighted by atomic mass is 127. The van der Waals surface area contributed by atoms with E-state index in [0.29, 0.717) is 5.92 Å². The molecular formula is C17H27IN4O2. The van der Waals surface area contributed by atoms with Gasteiger partial charge in [0, 0.05) is 57.1 Å². The first kappa shape index (κ1) is 19.0. The van der Waals surface area contributed by atoms with Crippen LogP contribution in [0.5, 0.6) is 11.5 Å². The van der Waals surface area contributed by atoms with E-state index < -0.39 is 0 Å². The number of nitrogens with zero attached hydrogens (tertiary/aromatic N) is 3. The quantitative estimate of drug-likeness (QED) is 0.702. The molecule has 1 fully saturated rings. The molecule has 1 aromatic rings. The van der Waals surface area contributed by atoms with Crippen molar-refractivity contribution >= 4 is 35.6 Å². The lowest BCUT2D eigenvalue weighted by Crippen LogP contribution is -2.38. The number of nitrogens with one attached hydrogen (secondary N) is 1. The molecule has 0 saturated carbocycles. The van der Waals surface area contributed by atoms with Gasteiger partial charge in [-0.3, -0.25) is 4.99 Å². The number of methoxy groups -OCH3 is 2. The van der Waals surface area contributed by atoms with E-state index in [1.54, 1.807) is 14.2 Å². The van der Waals surface area contributed by atoms with Crippen molar-refractivity contribution in [1.82, 2.24) is 10.2 Å². The number of likely N-dealkylation sites (N-methyl/N-ethyl adjacent to an activating group) is 1. The number of hydrogen-bond donors (Lipinski definition) is 1. The minimum absolute atomic E-state index is 0. The molecule has 0 amide bonds. The number of rotatable bonds is 5. The van der Waals surface area contributed by atoms with Crippen LogP contribution in [-0.2, 0) is 0 Å². The summed E-state index contributed by atoms with van der Waals surface area (Å²) in [7, 11) is 5.46. The summed E-state index contributed by atoms with van der Waals surface area (Å²) >= 11 is 0. The maximum absolute atomic E-state index is 5.37. The zero-order valence-electron chi connectivity index (χ0n) is 14.6. The van der Waals surface area contributed by atoms with Crippen molar-refractivity contribution in [2.45, 2.75) is 6.42 Å². The van der Waals surface area contributed by atoms with Crippen LogP contribution in [0.4, 0.5) is 5.69 Å². The molecule has 0 aromatic heterocycles. The van der Waals surface area contributed by atoms with Gasteiger partial charge >= 0.3 is 0 Å². The highest BCUT2D eigenvalue weighted by Crippen LogP contribution is 2.31. The summed E-state index contributed by atoms with van der Waals surface area (Å²) in [4.78, 5) is 9.07. The largest absolute Gasteiger partial charge is 0.497 e. The smallest absolute Gasteiger partial charge is 0.193 e. The van der Waals surface area contributed by atoms with Gasteiger partial charge in [-0.15, -0.1) is 24.0 Å². The van der Waals surface area contributed by atoms with E-state index in [9.17, 15) is 0 Å². The average Bonchev–Trinajstić information content (AvgIpc) is 3.21. The highest BCUT2D eigenvalue weighted by molar-refractivity contribution is 14.0. The SMILES string of the molecule is COc1cc(OC)cc(N2CCC(CNC3=NCCN3C)C2)c1.I. The molecule has 24 heavy (non-hydrogen) atoms. The molecule has 134 valence electrons. The number of anilines is 1. The van der Waals surface area contributed by atoms with Crippen LogP contribution in [0.25, 0.3) is 0 Å². The highest BCUT2D eigenvalue weighted by Gasteiger charge is 2.24. The van der Waals surface area contributed by atoms with Gasteiger partial charge in [-0.25, -0.2) is 0 Å². The molecule has 6 nitrogen and oxygen atoms in total. The van der Waals surface area contributed by atoms with Crippen molar-refractivity contribution in [2.75, 3.05) is 58.9 Å². The molecular weight excluding hydrogens is 419 g/mol. The molecule has 0 bridgehead atoms. The van der Waals surface area contributed by atoms with E-state index in [1.165, 1.54) is 12.1 Å². The number of hydrogen-bond acceptors (Lipinski definition) is 6. The first-order valence-corrected chi connectivity index (χ1v) is 8.17. The van der Waals surface area contributed by atoms with Gasteiger partial charge in [-0.2, -0.15) is 0 Å². The van der Waals surface area contributed by atoms with Gasteiger partial charge in [0.05, 0.1) is 20.8 Å². The number of ether oxygens (including phenoxy) is 2. The summed E-state index contributed by atoms with van der Waals surface area (Å²) in [5, 5.41) is 3.49. The Bertz CT molecular complexity index is 559. The van der Waals surface area contributed by atoms with Gasteiger partial charge in [-0.05, 0) is 12.3 Å². The third-order valence-corrected chi connectivity index (χ3v) is 4.59. The molecule has 1 aromatic carbocycles. The summed E-state index contributed by atoms with van der Waals surface area (Å²) in [5.74, 6) is 3.33. The first-order chi connectivity index (χ1) is 11.2. The third-order valence-electron chi connectivity index (χ3n) is 4.59. The summed E-state index contributed by atoms with van der Waals surface area (Å²) in [5.41, 5.74) is 1.17. The van der Waals surface area contributed by atoms with Crippen LogP contribution in [0, 0.1) is 5.92 Å². The Labute approximate surface area is 161 Å². The Kier molecular flexibility index (Phi) is 6.82. The lowest BCUT2D eigenvalue weighted by Gasteiger charge is -2.21. The molecule has 3 rings (SSSR count). The molecule has 2 aliphatic rings. The molecule has 0 spiro atoms. The van der Waals surface area contributed by atoms with Gasteiger partial charge in [0.2, 0.25) is 0 Å². The van der Waals surface area contributed by atoms with Crippen molar-refractivity contribution in [3.63, 3.8) is 0 Å². The fraction of sp³-hybridized carbons (Fsp3) is 0.588. The number of halogens is 1. The van der Waals surface area contributed by atoms with E-state index in [2.05, 4.69) is 39.3 Å². The summed E-state index contributed by atoms with van der Waals surface area (Å²) in [6.45, 7) is 4.99. The molecule has 1 unspecified atom stereocenters. The Balaban J connectivity index is 0.00000208. The van der Waals surface area contributed by atoms with E-state index in [4.69, 9.17) is 9.47 Å². The van der Waals surface area contributed by atoms with E-state index in [0.717, 1.165) is 50.2 Å². The minimum Gasteiger partial charge on any atom is -0.497 e. The second-order valence-corrected chi connectivity index (χ2v) is 6.18. The van der Waals surface area contributed by atoms with Crippen LogP contribution in [0.3, 0.4) is 0 Å². The van der Waals surface area contributed by atoms with Crippen molar-refractivity contribution < 1.29 is 9.47 Å². The molecule has 0 radical (unpaired) electrons. The van der Waals surface area contributed by atoms with E-state index >= 15 is 0 Å². The topological polar surface area (TPSA) is 49.3 Å². The predicted octanol–water partition coefficient (Wildman–Crippen LogP) is 2.04. The standard InChI is InChI=1S/C17H26N4O2.HI/c1-20-7-5-18-17(20)19-11-13-4-6-21(12-13)14-8-15(22-2)10-16(9-14)23-3;/h8-10,13H,4-7,11-12H2,1-3H3,(H,18,19);1H. The number of guanidine groups is 1. The fourth-order valence-electron chi connectivity index (χ4n) is 3.17. The van der Waals surface area contributed by atoms with Gasteiger partial charge in [0.1, 0.15) is 11.5 Å². The first-order valence-electron chi connectivity index (χ1n) is 8.17.